The zero-order chi connectivity index (χ0) is 11.1. The summed E-state index contributed by atoms with van der Waals surface area (Å²) in [5, 5.41) is 0. The van der Waals surface area contributed by atoms with Crippen molar-refractivity contribution in [3.8, 4) is 0 Å². The van der Waals surface area contributed by atoms with E-state index in [1.165, 1.54) is 0 Å². The van der Waals surface area contributed by atoms with E-state index in [0.29, 0.717) is 0 Å². The van der Waals surface area contributed by atoms with Gasteiger partial charge in [0.2, 0.25) is 0 Å². The van der Waals surface area contributed by atoms with Gasteiger partial charge >= 0.3 is 0 Å². The molecule has 2 rings (SSSR count). The molecule has 0 saturated heterocycles. The van der Waals surface area contributed by atoms with Gasteiger partial charge in [-0.25, -0.2) is 4.98 Å². The molecule has 0 radical (unpaired) electrons. The number of imidazole rings is 1. The van der Waals surface area contributed by atoms with E-state index in [4.69, 9.17) is 0 Å². The number of carbonyl (C=O) groups is 1. The average molecular weight is 202 g/mol. The van der Waals surface area contributed by atoms with Crippen molar-refractivity contribution in [3.05, 3.63) is 36.3 Å². The molecule has 0 aliphatic heterocycles. The SMILES string of the molecule is CC(=O)C(C)(C)c1ccn2ccnc2c1. The molecule has 3 nitrogen and oxygen atoms in total. The highest BCUT2D eigenvalue weighted by Crippen LogP contribution is 2.24. The number of carbonyl (C=O) groups excluding carboxylic acids is 1. The molecule has 0 atom stereocenters. The van der Waals surface area contributed by atoms with Crippen LogP contribution in [0.15, 0.2) is 30.7 Å². The third-order valence-corrected chi connectivity index (χ3v) is 3.00. The number of aromatic nitrogens is 2. The molecule has 78 valence electrons. The lowest BCUT2D eigenvalue weighted by Gasteiger charge is -2.21. The maximum absolute atomic E-state index is 11.5. The molecule has 2 aromatic rings. The number of hydrogen-bond acceptors (Lipinski definition) is 2. The zero-order valence-corrected chi connectivity index (χ0v) is 9.19. The average Bonchev–Trinajstić information content (AvgIpc) is 2.63. The molecular weight excluding hydrogens is 188 g/mol. The number of fused-ring (bicyclic) bond motifs is 1. The Balaban J connectivity index is 2.57. The minimum Gasteiger partial charge on any atom is -0.307 e. The Kier molecular flexibility index (Phi) is 2.11. The predicted octanol–water partition coefficient (Wildman–Crippen LogP) is 2.20. The van der Waals surface area contributed by atoms with Crippen LogP contribution in [-0.4, -0.2) is 15.2 Å². The first kappa shape index (κ1) is 9.90. The number of ketones is 1. The van der Waals surface area contributed by atoms with E-state index in [2.05, 4.69) is 4.98 Å². The van der Waals surface area contributed by atoms with Crippen molar-refractivity contribution in [1.29, 1.82) is 0 Å². The summed E-state index contributed by atoms with van der Waals surface area (Å²) in [6, 6.07) is 3.93. The molecule has 0 aromatic carbocycles. The van der Waals surface area contributed by atoms with Crippen LogP contribution >= 0.6 is 0 Å². The van der Waals surface area contributed by atoms with Gasteiger partial charge in [-0.3, -0.25) is 4.79 Å². The summed E-state index contributed by atoms with van der Waals surface area (Å²) in [4.78, 5) is 15.7. The maximum Gasteiger partial charge on any atom is 0.139 e. The minimum absolute atomic E-state index is 0.165. The van der Waals surface area contributed by atoms with Crippen LogP contribution in [0.4, 0.5) is 0 Å². The molecular formula is C12H14N2O. The lowest BCUT2D eigenvalue weighted by atomic mass is 9.82. The summed E-state index contributed by atoms with van der Waals surface area (Å²) in [7, 11) is 0. The lowest BCUT2D eigenvalue weighted by molar-refractivity contribution is -0.121. The minimum atomic E-state index is -0.437. The molecule has 0 unspecified atom stereocenters. The van der Waals surface area contributed by atoms with E-state index in [-0.39, 0.29) is 5.78 Å². The Labute approximate surface area is 88.8 Å². The van der Waals surface area contributed by atoms with E-state index in [1.807, 2.05) is 42.8 Å². The van der Waals surface area contributed by atoms with Crippen LogP contribution in [0.25, 0.3) is 5.65 Å². The molecule has 0 aliphatic rings. The summed E-state index contributed by atoms with van der Waals surface area (Å²) >= 11 is 0. The summed E-state index contributed by atoms with van der Waals surface area (Å²) in [6.45, 7) is 5.49. The van der Waals surface area contributed by atoms with Crippen LogP contribution in [0, 0.1) is 0 Å². The fourth-order valence-corrected chi connectivity index (χ4v) is 1.50. The van der Waals surface area contributed by atoms with Crippen LogP contribution in [-0.2, 0) is 10.2 Å². The summed E-state index contributed by atoms with van der Waals surface area (Å²) in [6.07, 6.45) is 5.57. The number of Topliss-reactive ketones (excluding diaryl/α,β-unsaturated/α-hetero) is 1. The van der Waals surface area contributed by atoms with E-state index < -0.39 is 5.41 Å². The predicted molar refractivity (Wildman–Crippen MR) is 58.9 cm³/mol. The van der Waals surface area contributed by atoms with Crippen LogP contribution in [0.3, 0.4) is 0 Å². The molecule has 0 aliphatic carbocycles. The van der Waals surface area contributed by atoms with Crippen LogP contribution < -0.4 is 0 Å². The van der Waals surface area contributed by atoms with Gasteiger partial charge in [0, 0.05) is 24.0 Å². The highest BCUT2D eigenvalue weighted by atomic mass is 16.1. The van der Waals surface area contributed by atoms with Gasteiger partial charge in [-0.2, -0.15) is 0 Å². The number of rotatable bonds is 2. The summed E-state index contributed by atoms with van der Waals surface area (Å²) in [5.41, 5.74) is 1.45. The Morgan fingerprint density at radius 3 is 2.80 bits per heavy atom. The van der Waals surface area contributed by atoms with Crippen molar-refractivity contribution in [3.63, 3.8) is 0 Å². The van der Waals surface area contributed by atoms with Crippen LogP contribution in [0.5, 0.6) is 0 Å². The molecule has 0 spiro atoms. The lowest BCUT2D eigenvalue weighted by Crippen LogP contribution is -2.26. The van der Waals surface area contributed by atoms with Crippen molar-refractivity contribution < 1.29 is 4.79 Å². The van der Waals surface area contributed by atoms with Gasteiger partial charge in [0.15, 0.2) is 0 Å². The molecule has 2 aromatic heterocycles. The standard InChI is InChI=1S/C12H14N2O/c1-9(15)12(2,3)10-4-6-14-7-5-13-11(14)8-10/h4-8H,1-3H3. The molecule has 0 N–H and O–H groups in total. The van der Waals surface area contributed by atoms with Gasteiger partial charge in [0.25, 0.3) is 0 Å². The van der Waals surface area contributed by atoms with Crippen molar-refractivity contribution in [1.82, 2.24) is 9.38 Å². The van der Waals surface area contributed by atoms with Gasteiger partial charge in [0.1, 0.15) is 11.4 Å². The van der Waals surface area contributed by atoms with Crippen molar-refractivity contribution in [2.75, 3.05) is 0 Å². The highest BCUT2D eigenvalue weighted by Gasteiger charge is 2.26. The van der Waals surface area contributed by atoms with Gasteiger partial charge in [-0.05, 0) is 38.5 Å². The first-order chi connectivity index (χ1) is 7.01. The van der Waals surface area contributed by atoms with Gasteiger partial charge < -0.3 is 4.40 Å². The van der Waals surface area contributed by atoms with Gasteiger partial charge in [-0.1, -0.05) is 0 Å². The fraction of sp³-hybridized carbons (Fsp3) is 0.333. The van der Waals surface area contributed by atoms with Crippen molar-refractivity contribution in [2.45, 2.75) is 26.2 Å². The molecule has 3 heteroatoms. The van der Waals surface area contributed by atoms with E-state index in [9.17, 15) is 4.79 Å². The normalized spacial score (nSPS) is 11.9. The Morgan fingerprint density at radius 1 is 1.40 bits per heavy atom. The fourth-order valence-electron chi connectivity index (χ4n) is 1.50. The maximum atomic E-state index is 11.5. The summed E-state index contributed by atoms with van der Waals surface area (Å²) in [5.74, 6) is 0.165. The molecule has 0 fully saturated rings. The first-order valence-electron chi connectivity index (χ1n) is 4.96. The Bertz CT molecular complexity index is 511. The largest absolute Gasteiger partial charge is 0.307 e. The molecule has 15 heavy (non-hydrogen) atoms. The quantitative estimate of drug-likeness (QED) is 0.748. The smallest absolute Gasteiger partial charge is 0.139 e. The van der Waals surface area contributed by atoms with Gasteiger partial charge in [0.05, 0.1) is 0 Å². The zero-order valence-electron chi connectivity index (χ0n) is 9.19. The topological polar surface area (TPSA) is 34.4 Å². The second-order valence-electron chi connectivity index (χ2n) is 4.29. The van der Waals surface area contributed by atoms with Crippen molar-refractivity contribution >= 4 is 11.4 Å². The molecule has 2 heterocycles. The van der Waals surface area contributed by atoms with E-state index in [0.717, 1.165) is 11.2 Å². The van der Waals surface area contributed by atoms with E-state index >= 15 is 0 Å². The first-order valence-corrected chi connectivity index (χ1v) is 4.96. The number of pyridine rings is 1. The second-order valence-corrected chi connectivity index (χ2v) is 4.29. The second kappa shape index (κ2) is 3.19. The Morgan fingerprint density at radius 2 is 2.13 bits per heavy atom. The van der Waals surface area contributed by atoms with Gasteiger partial charge in [-0.15, -0.1) is 0 Å². The Hall–Kier alpha value is -1.64. The van der Waals surface area contributed by atoms with E-state index in [1.54, 1.807) is 13.1 Å². The number of hydrogen-bond donors (Lipinski definition) is 0. The summed E-state index contributed by atoms with van der Waals surface area (Å²) < 4.78 is 1.93. The number of nitrogens with zero attached hydrogens (tertiary/aromatic N) is 2. The monoisotopic (exact) mass is 202 g/mol. The molecule has 0 saturated carbocycles. The third-order valence-electron chi connectivity index (χ3n) is 3.00. The van der Waals surface area contributed by atoms with Crippen molar-refractivity contribution in [2.24, 2.45) is 0 Å². The molecule has 0 amide bonds. The third kappa shape index (κ3) is 1.54. The highest BCUT2D eigenvalue weighted by molar-refractivity contribution is 5.87. The van der Waals surface area contributed by atoms with Crippen LogP contribution in [0.2, 0.25) is 0 Å². The van der Waals surface area contributed by atoms with Crippen LogP contribution in [0.1, 0.15) is 26.3 Å². The molecule has 0 bridgehead atoms.